The van der Waals surface area contributed by atoms with Gasteiger partial charge in [-0.05, 0) is 42.8 Å². The first-order valence-corrected chi connectivity index (χ1v) is 11.4. The van der Waals surface area contributed by atoms with Crippen LogP contribution < -0.4 is 14.4 Å². The zero-order valence-corrected chi connectivity index (χ0v) is 20.3. The molecule has 4 rings (SSSR count). The second kappa shape index (κ2) is 11.0. The fraction of sp³-hybridized carbons (Fsp3) is 0.296. The molecular formula is C27H27NO8. The number of hydrogen-bond acceptors (Lipinski definition) is 8. The summed E-state index contributed by atoms with van der Waals surface area (Å²) in [6.07, 6.45) is 1.78. The maximum atomic E-state index is 13.4. The van der Waals surface area contributed by atoms with E-state index in [1.807, 2.05) is 18.2 Å². The molecule has 0 radical (unpaired) electrons. The van der Waals surface area contributed by atoms with Gasteiger partial charge in [0.2, 0.25) is 5.91 Å². The van der Waals surface area contributed by atoms with Crippen LogP contribution in [0, 0.1) is 5.92 Å². The molecule has 1 aliphatic heterocycles. The highest BCUT2D eigenvalue weighted by atomic mass is 16.5. The Balaban J connectivity index is 1.68. The Morgan fingerprint density at radius 2 is 1.75 bits per heavy atom. The molecule has 1 aromatic heterocycles. The SMILES string of the molecule is COC(=O)c1ccoc1COC(=O)[C@H]1CCC(=O)N(c2ccc(OC)cc2)[C@H]1c1ccccc1OC. The first-order chi connectivity index (χ1) is 17.5. The van der Waals surface area contributed by atoms with Crippen molar-refractivity contribution in [3.8, 4) is 11.5 Å². The number of methoxy groups -OCH3 is 3. The maximum Gasteiger partial charge on any atom is 0.341 e. The molecule has 2 atom stereocenters. The van der Waals surface area contributed by atoms with Gasteiger partial charge in [-0.1, -0.05) is 18.2 Å². The van der Waals surface area contributed by atoms with Crippen LogP contribution in [0.15, 0.2) is 65.3 Å². The number of furan rings is 1. The number of esters is 2. The smallest absolute Gasteiger partial charge is 0.341 e. The molecule has 9 heteroatoms. The maximum absolute atomic E-state index is 13.4. The highest BCUT2D eigenvalue weighted by Gasteiger charge is 2.43. The molecule has 188 valence electrons. The van der Waals surface area contributed by atoms with Gasteiger partial charge in [0, 0.05) is 17.7 Å². The average Bonchev–Trinajstić information content (AvgIpc) is 3.40. The van der Waals surface area contributed by atoms with Crippen LogP contribution >= 0.6 is 0 Å². The van der Waals surface area contributed by atoms with Crippen LogP contribution in [0.4, 0.5) is 5.69 Å². The van der Waals surface area contributed by atoms with E-state index in [4.69, 9.17) is 23.4 Å². The van der Waals surface area contributed by atoms with E-state index in [2.05, 4.69) is 0 Å². The van der Waals surface area contributed by atoms with Crippen molar-refractivity contribution in [2.75, 3.05) is 26.2 Å². The van der Waals surface area contributed by atoms with Crippen molar-refractivity contribution >= 4 is 23.5 Å². The van der Waals surface area contributed by atoms with Gasteiger partial charge in [0.25, 0.3) is 0 Å². The number of benzene rings is 2. The lowest BCUT2D eigenvalue weighted by Crippen LogP contribution is -2.46. The predicted molar refractivity (Wildman–Crippen MR) is 129 cm³/mol. The van der Waals surface area contributed by atoms with Crippen LogP contribution in [-0.2, 0) is 25.7 Å². The molecule has 2 aromatic carbocycles. The summed E-state index contributed by atoms with van der Waals surface area (Å²) < 4.78 is 26.5. The largest absolute Gasteiger partial charge is 0.497 e. The first kappa shape index (κ1) is 24.8. The number of piperidine rings is 1. The van der Waals surface area contributed by atoms with Crippen LogP contribution in [-0.4, -0.2) is 39.2 Å². The number of rotatable bonds is 8. The van der Waals surface area contributed by atoms with Gasteiger partial charge in [0.1, 0.15) is 23.7 Å². The Labute approximate surface area is 208 Å². The van der Waals surface area contributed by atoms with Gasteiger partial charge in [-0.3, -0.25) is 9.59 Å². The third-order valence-corrected chi connectivity index (χ3v) is 6.20. The third kappa shape index (κ3) is 4.91. The van der Waals surface area contributed by atoms with Crippen LogP contribution in [0.1, 0.15) is 40.6 Å². The quantitative estimate of drug-likeness (QED) is 0.428. The minimum atomic E-state index is -0.697. The average molecular weight is 494 g/mol. The number of amides is 1. The molecule has 1 aliphatic rings. The van der Waals surface area contributed by atoms with Crippen molar-refractivity contribution in [2.24, 2.45) is 5.92 Å². The number of hydrogen-bond donors (Lipinski definition) is 0. The topological polar surface area (TPSA) is 105 Å². The van der Waals surface area contributed by atoms with Crippen LogP contribution in [0.2, 0.25) is 0 Å². The highest BCUT2D eigenvalue weighted by molar-refractivity contribution is 5.97. The number of nitrogens with zero attached hydrogens (tertiary/aromatic N) is 1. The summed E-state index contributed by atoms with van der Waals surface area (Å²) in [7, 11) is 4.37. The first-order valence-electron chi connectivity index (χ1n) is 11.4. The number of ether oxygens (including phenoxy) is 4. The Hall–Kier alpha value is -4.27. The van der Waals surface area contributed by atoms with Gasteiger partial charge in [0.05, 0.1) is 39.6 Å². The normalized spacial score (nSPS) is 17.4. The van der Waals surface area contributed by atoms with Gasteiger partial charge in [-0.25, -0.2) is 4.79 Å². The molecule has 1 fully saturated rings. The van der Waals surface area contributed by atoms with Crippen LogP contribution in [0.25, 0.3) is 0 Å². The Kier molecular flexibility index (Phi) is 7.58. The van der Waals surface area contributed by atoms with Crippen molar-refractivity contribution in [1.82, 2.24) is 0 Å². The van der Waals surface area contributed by atoms with Gasteiger partial charge in [0.15, 0.2) is 5.76 Å². The molecular weight excluding hydrogens is 466 g/mol. The van der Waals surface area contributed by atoms with E-state index >= 15 is 0 Å². The van der Waals surface area contributed by atoms with E-state index in [1.165, 1.54) is 19.4 Å². The molecule has 0 unspecified atom stereocenters. The summed E-state index contributed by atoms with van der Waals surface area (Å²) in [6, 6.07) is 15.1. The Bertz CT molecular complexity index is 1230. The van der Waals surface area contributed by atoms with Gasteiger partial charge in [-0.15, -0.1) is 0 Å². The molecule has 2 heterocycles. The highest BCUT2D eigenvalue weighted by Crippen LogP contribution is 2.43. The van der Waals surface area contributed by atoms with E-state index in [1.54, 1.807) is 49.5 Å². The lowest BCUT2D eigenvalue weighted by molar-refractivity contribution is -0.152. The Morgan fingerprint density at radius 3 is 2.44 bits per heavy atom. The molecule has 0 bridgehead atoms. The van der Waals surface area contributed by atoms with Gasteiger partial charge < -0.3 is 28.3 Å². The molecule has 0 N–H and O–H groups in total. The zero-order valence-electron chi connectivity index (χ0n) is 20.3. The summed E-state index contributed by atoms with van der Waals surface area (Å²) in [5.41, 5.74) is 1.48. The molecule has 0 aliphatic carbocycles. The summed E-state index contributed by atoms with van der Waals surface area (Å²) in [5, 5.41) is 0. The zero-order chi connectivity index (χ0) is 25.7. The van der Waals surface area contributed by atoms with Crippen molar-refractivity contribution in [3.05, 3.63) is 77.7 Å². The number of para-hydroxylation sites is 1. The second-order valence-corrected chi connectivity index (χ2v) is 8.15. The fourth-order valence-corrected chi connectivity index (χ4v) is 4.44. The molecule has 1 saturated heterocycles. The lowest BCUT2D eigenvalue weighted by atomic mass is 9.83. The van der Waals surface area contributed by atoms with E-state index in [0.29, 0.717) is 22.7 Å². The van der Waals surface area contributed by atoms with Gasteiger partial charge >= 0.3 is 11.9 Å². The van der Waals surface area contributed by atoms with E-state index in [-0.39, 0.29) is 36.7 Å². The second-order valence-electron chi connectivity index (χ2n) is 8.15. The summed E-state index contributed by atoms with van der Waals surface area (Å²) in [5.74, 6) is -0.556. The van der Waals surface area contributed by atoms with Crippen molar-refractivity contribution < 1.29 is 37.7 Å². The number of anilines is 1. The third-order valence-electron chi connectivity index (χ3n) is 6.20. The minimum absolute atomic E-state index is 0.126. The van der Waals surface area contributed by atoms with Crippen LogP contribution in [0.5, 0.6) is 11.5 Å². The van der Waals surface area contributed by atoms with Gasteiger partial charge in [-0.2, -0.15) is 0 Å². The standard InChI is InChI=1S/C27H27NO8/c1-32-18-10-8-17(9-11-18)28-24(29)13-12-21(25(28)19-6-4-5-7-22(19)33-2)27(31)36-16-23-20(14-15-35-23)26(30)34-3/h4-11,14-15,21,25H,12-13,16H2,1-3H3/t21-,25-/m0/s1. The van der Waals surface area contributed by atoms with E-state index in [0.717, 1.165) is 0 Å². The summed E-state index contributed by atoms with van der Waals surface area (Å²) in [4.78, 5) is 40.2. The minimum Gasteiger partial charge on any atom is -0.497 e. The fourth-order valence-electron chi connectivity index (χ4n) is 4.44. The Morgan fingerprint density at radius 1 is 1.00 bits per heavy atom. The number of carbonyl (C=O) groups is 3. The number of carbonyl (C=O) groups excluding carboxylic acids is 3. The molecule has 1 amide bonds. The van der Waals surface area contributed by atoms with E-state index < -0.39 is 23.9 Å². The molecule has 3 aromatic rings. The summed E-state index contributed by atoms with van der Waals surface area (Å²) in [6.45, 7) is -0.248. The monoisotopic (exact) mass is 493 g/mol. The lowest BCUT2D eigenvalue weighted by Gasteiger charge is -2.40. The molecule has 0 spiro atoms. The van der Waals surface area contributed by atoms with E-state index in [9.17, 15) is 14.4 Å². The molecule has 0 saturated carbocycles. The molecule has 9 nitrogen and oxygen atoms in total. The van der Waals surface area contributed by atoms with Crippen LogP contribution in [0.3, 0.4) is 0 Å². The predicted octanol–water partition coefficient (Wildman–Crippen LogP) is 4.31. The van der Waals surface area contributed by atoms with Crippen molar-refractivity contribution in [3.63, 3.8) is 0 Å². The molecule has 36 heavy (non-hydrogen) atoms. The van der Waals surface area contributed by atoms with Crippen molar-refractivity contribution in [2.45, 2.75) is 25.5 Å². The summed E-state index contributed by atoms with van der Waals surface area (Å²) >= 11 is 0. The van der Waals surface area contributed by atoms with Crippen molar-refractivity contribution in [1.29, 1.82) is 0 Å².